The molecule has 2 N–H and O–H groups in total. The van der Waals surface area contributed by atoms with Gasteiger partial charge >= 0.3 is 0 Å². The minimum atomic E-state index is -0.406. The number of amides is 1. The number of hydrogen-bond donors (Lipinski definition) is 1. The molecule has 1 aromatic carbocycles. The van der Waals surface area contributed by atoms with Gasteiger partial charge in [-0.2, -0.15) is 0 Å². The molecule has 1 aromatic rings. The summed E-state index contributed by atoms with van der Waals surface area (Å²) in [5, 5.41) is 0. The lowest BCUT2D eigenvalue weighted by atomic mass is 10.1. The van der Waals surface area contributed by atoms with E-state index in [1.807, 2.05) is 30.0 Å². The Morgan fingerprint density at radius 3 is 2.71 bits per heavy atom. The molecule has 1 aliphatic heterocycles. The van der Waals surface area contributed by atoms with Gasteiger partial charge in [-0.25, -0.2) is 0 Å². The van der Waals surface area contributed by atoms with Crippen molar-refractivity contribution in [2.24, 2.45) is 5.73 Å². The summed E-state index contributed by atoms with van der Waals surface area (Å²) in [5.74, 6) is 0.833. The maximum atomic E-state index is 12.4. The number of rotatable bonds is 7. The first-order chi connectivity index (χ1) is 10.2. The van der Waals surface area contributed by atoms with Crippen molar-refractivity contribution < 1.29 is 9.53 Å². The predicted molar refractivity (Wildman–Crippen MR) is 85.5 cm³/mol. The lowest BCUT2D eigenvalue weighted by Crippen LogP contribution is -2.45. The molecule has 0 saturated carbocycles. The first-order valence-corrected chi connectivity index (χ1v) is 7.98. The number of unbranched alkanes of at least 4 members (excludes halogenated alkanes) is 4. The van der Waals surface area contributed by atoms with E-state index < -0.39 is 6.10 Å². The topological polar surface area (TPSA) is 55.6 Å². The second-order valence-electron chi connectivity index (χ2n) is 5.67. The monoisotopic (exact) mass is 290 g/mol. The quantitative estimate of drug-likeness (QED) is 0.784. The van der Waals surface area contributed by atoms with Gasteiger partial charge in [-0.15, -0.1) is 0 Å². The van der Waals surface area contributed by atoms with Crippen LogP contribution in [0.25, 0.3) is 0 Å². The van der Waals surface area contributed by atoms with Crippen LogP contribution in [0.4, 0.5) is 5.69 Å². The molecule has 1 unspecified atom stereocenters. The molecule has 1 atom stereocenters. The van der Waals surface area contributed by atoms with Gasteiger partial charge in [-0.1, -0.05) is 38.7 Å². The Morgan fingerprint density at radius 1 is 1.24 bits per heavy atom. The van der Waals surface area contributed by atoms with Gasteiger partial charge in [0, 0.05) is 13.1 Å². The average molecular weight is 290 g/mol. The second kappa shape index (κ2) is 7.46. The van der Waals surface area contributed by atoms with Gasteiger partial charge in [0.15, 0.2) is 6.10 Å². The van der Waals surface area contributed by atoms with Crippen LogP contribution in [0, 0.1) is 0 Å². The Bertz CT molecular complexity index is 488. The Balaban J connectivity index is 2.09. The molecule has 0 spiro atoms. The highest BCUT2D eigenvalue weighted by Gasteiger charge is 2.31. The molecular weight excluding hydrogens is 264 g/mol. The first-order valence-electron chi connectivity index (χ1n) is 7.98. The largest absolute Gasteiger partial charge is 0.479 e. The van der Waals surface area contributed by atoms with Crippen molar-refractivity contribution in [3.63, 3.8) is 0 Å². The molecule has 1 aliphatic rings. The zero-order valence-electron chi connectivity index (χ0n) is 13.1. The Labute approximate surface area is 127 Å². The van der Waals surface area contributed by atoms with Gasteiger partial charge in [0.2, 0.25) is 0 Å². The third kappa shape index (κ3) is 3.76. The predicted octanol–water partition coefficient (Wildman–Crippen LogP) is 3.23. The molecule has 0 aromatic heterocycles. The molecule has 0 radical (unpaired) electrons. The smallest absolute Gasteiger partial charge is 0.267 e. The molecule has 21 heavy (non-hydrogen) atoms. The van der Waals surface area contributed by atoms with E-state index in [0.29, 0.717) is 6.54 Å². The van der Waals surface area contributed by atoms with Crippen LogP contribution in [-0.2, 0) is 11.3 Å². The van der Waals surface area contributed by atoms with E-state index in [1.54, 1.807) is 0 Å². The molecule has 1 amide bonds. The minimum absolute atomic E-state index is 0.0483. The molecular formula is C17H26N2O2. The number of anilines is 1. The third-order valence-electron chi connectivity index (χ3n) is 3.95. The van der Waals surface area contributed by atoms with Crippen LogP contribution in [0.5, 0.6) is 5.75 Å². The number of ether oxygens (including phenoxy) is 1. The van der Waals surface area contributed by atoms with E-state index in [2.05, 4.69) is 6.92 Å². The Morgan fingerprint density at radius 2 is 2.00 bits per heavy atom. The van der Waals surface area contributed by atoms with Gasteiger partial charge in [0.1, 0.15) is 5.75 Å². The molecule has 0 fully saturated rings. The van der Waals surface area contributed by atoms with Gasteiger partial charge < -0.3 is 15.4 Å². The normalized spacial score (nSPS) is 17.6. The van der Waals surface area contributed by atoms with Gasteiger partial charge in [0.25, 0.3) is 5.91 Å². The van der Waals surface area contributed by atoms with Crippen molar-refractivity contribution in [2.45, 2.75) is 58.6 Å². The summed E-state index contributed by atoms with van der Waals surface area (Å²) < 4.78 is 5.69. The molecule has 2 rings (SSSR count). The Kier molecular flexibility index (Phi) is 5.62. The van der Waals surface area contributed by atoms with Crippen molar-refractivity contribution in [1.29, 1.82) is 0 Å². The molecule has 0 bridgehead atoms. The summed E-state index contributed by atoms with van der Waals surface area (Å²) in [4.78, 5) is 14.2. The van der Waals surface area contributed by atoms with Crippen molar-refractivity contribution in [2.75, 3.05) is 11.4 Å². The molecule has 0 aliphatic carbocycles. The third-order valence-corrected chi connectivity index (χ3v) is 3.95. The molecule has 4 heteroatoms. The average Bonchev–Trinajstić information content (AvgIpc) is 2.50. The number of hydrogen-bond acceptors (Lipinski definition) is 3. The van der Waals surface area contributed by atoms with Crippen LogP contribution >= 0.6 is 0 Å². The highest BCUT2D eigenvalue weighted by molar-refractivity contribution is 5.99. The van der Waals surface area contributed by atoms with Crippen LogP contribution in [0.15, 0.2) is 18.2 Å². The zero-order valence-corrected chi connectivity index (χ0v) is 13.1. The highest BCUT2D eigenvalue weighted by Crippen LogP contribution is 2.35. The van der Waals surface area contributed by atoms with Crippen molar-refractivity contribution >= 4 is 11.6 Å². The second-order valence-corrected chi connectivity index (χ2v) is 5.67. The van der Waals surface area contributed by atoms with E-state index in [9.17, 15) is 4.79 Å². The van der Waals surface area contributed by atoms with Crippen LogP contribution < -0.4 is 15.4 Å². The lowest BCUT2D eigenvalue weighted by Gasteiger charge is -2.33. The van der Waals surface area contributed by atoms with Crippen molar-refractivity contribution in [3.05, 3.63) is 23.8 Å². The maximum Gasteiger partial charge on any atom is 0.267 e. The van der Waals surface area contributed by atoms with Crippen molar-refractivity contribution in [3.8, 4) is 5.75 Å². The zero-order chi connectivity index (χ0) is 15.2. The summed E-state index contributed by atoms with van der Waals surface area (Å²) in [6, 6.07) is 5.86. The van der Waals surface area contributed by atoms with E-state index in [1.165, 1.54) is 25.7 Å². The van der Waals surface area contributed by atoms with E-state index in [-0.39, 0.29) is 5.91 Å². The van der Waals surface area contributed by atoms with Crippen LogP contribution in [-0.4, -0.2) is 18.6 Å². The number of carbonyl (C=O) groups excluding carboxylic acids is 1. The van der Waals surface area contributed by atoms with Crippen LogP contribution in [0.1, 0.15) is 51.5 Å². The van der Waals surface area contributed by atoms with Gasteiger partial charge in [0.05, 0.1) is 5.69 Å². The summed E-state index contributed by atoms with van der Waals surface area (Å²) in [6.45, 7) is 5.25. The fourth-order valence-electron chi connectivity index (χ4n) is 2.68. The van der Waals surface area contributed by atoms with Gasteiger partial charge in [-0.05, 0) is 31.0 Å². The van der Waals surface area contributed by atoms with Crippen molar-refractivity contribution in [1.82, 2.24) is 0 Å². The standard InChI is InChI=1S/C17H26N2O2/c1-3-4-5-6-7-10-19-15-11-14(12-18)8-9-16(15)21-13(2)17(19)20/h8-9,11,13H,3-7,10,12,18H2,1-2H3. The molecule has 116 valence electrons. The summed E-state index contributed by atoms with van der Waals surface area (Å²) in [7, 11) is 0. The Hall–Kier alpha value is -1.55. The van der Waals surface area contributed by atoms with Crippen LogP contribution in [0.3, 0.4) is 0 Å². The fraction of sp³-hybridized carbons (Fsp3) is 0.588. The number of fused-ring (bicyclic) bond motifs is 1. The van der Waals surface area contributed by atoms with Crippen LogP contribution in [0.2, 0.25) is 0 Å². The number of nitrogens with two attached hydrogens (primary N) is 1. The first kappa shape index (κ1) is 15.8. The number of benzene rings is 1. The lowest BCUT2D eigenvalue weighted by molar-refractivity contribution is -0.125. The SMILES string of the molecule is CCCCCCCN1C(=O)C(C)Oc2ccc(CN)cc21. The number of nitrogens with zero attached hydrogens (tertiary/aromatic N) is 1. The molecule has 1 heterocycles. The number of carbonyl (C=O) groups is 1. The summed E-state index contributed by atoms with van der Waals surface area (Å²) >= 11 is 0. The molecule has 4 nitrogen and oxygen atoms in total. The van der Waals surface area contributed by atoms with E-state index in [4.69, 9.17) is 10.5 Å². The van der Waals surface area contributed by atoms with E-state index >= 15 is 0 Å². The highest BCUT2D eigenvalue weighted by atomic mass is 16.5. The van der Waals surface area contributed by atoms with Gasteiger partial charge in [-0.3, -0.25) is 4.79 Å². The maximum absolute atomic E-state index is 12.4. The summed E-state index contributed by atoms with van der Waals surface area (Å²) in [5.41, 5.74) is 7.60. The fourth-order valence-corrected chi connectivity index (χ4v) is 2.68. The van der Waals surface area contributed by atoms with E-state index in [0.717, 1.165) is 30.0 Å². The molecule has 0 saturated heterocycles. The summed E-state index contributed by atoms with van der Waals surface area (Å²) in [6.07, 6.45) is 5.53. The minimum Gasteiger partial charge on any atom is -0.479 e.